The number of anilines is 2. The number of halogens is 1. The smallest absolute Gasteiger partial charge is 0.228 e. The summed E-state index contributed by atoms with van der Waals surface area (Å²) in [5.41, 5.74) is 8.16. The number of aryl methyl sites for hydroxylation is 1. The van der Waals surface area contributed by atoms with Crippen molar-refractivity contribution in [2.45, 2.75) is 32.0 Å². The average molecular weight is 273 g/mol. The highest BCUT2D eigenvalue weighted by Crippen LogP contribution is 2.33. The second-order valence-electron chi connectivity index (χ2n) is 4.93. The average Bonchev–Trinajstić information content (AvgIpc) is 2.82. The molecule has 0 saturated heterocycles. The zero-order chi connectivity index (χ0) is 14.1. The fourth-order valence-electron chi connectivity index (χ4n) is 2.51. The van der Waals surface area contributed by atoms with E-state index in [2.05, 4.69) is 32.4 Å². The third-order valence-electron chi connectivity index (χ3n) is 3.46. The van der Waals surface area contributed by atoms with E-state index >= 15 is 0 Å². The number of fused-ring (bicyclic) bond motifs is 1. The molecule has 6 heteroatoms. The van der Waals surface area contributed by atoms with Gasteiger partial charge in [0.2, 0.25) is 11.9 Å². The fourth-order valence-corrected chi connectivity index (χ4v) is 2.51. The minimum atomic E-state index is -1.27. The molecule has 0 aliphatic heterocycles. The van der Waals surface area contributed by atoms with Crippen molar-refractivity contribution in [3.05, 3.63) is 41.2 Å². The summed E-state index contributed by atoms with van der Waals surface area (Å²) >= 11 is 0. The van der Waals surface area contributed by atoms with Crippen LogP contribution in [0.1, 0.15) is 42.5 Å². The maximum Gasteiger partial charge on any atom is 0.228 e. The van der Waals surface area contributed by atoms with E-state index in [0.717, 1.165) is 12.8 Å². The molecule has 0 amide bonds. The second-order valence-corrected chi connectivity index (χ2v) is 4.93. The predicted octanol–water partition coefficient (Wildman–Crippen LogP) is 2.58. The molecule has 104 valence electrons. The highest BCUT2D eigenvalue weighted by molar-refractivity contribution is 5.41. The van der Waals surface area contributed by atoms with Crippen LogP contribution in [-0.2, 0) is 6.42 Å². The van der Waals surface area contributed by atoms with Gasteiger partial charge in [0.15, 0.2) is 12.0 Å². The molecule has 20 heavy (non-hydrogen) atoms. The molecule has 3 rings (SSSR count). The van der Waals surface area contributed by atoms with E-state index in [-0.39, 0.29) is 17.8 Å². The molecule has 0 fully saturated rings. The summed E-state index contributed by atoms with van der Waals surface area (Å²) in [7, 11) is 0. The van der Waals surface area contributed by atoms with Gasteiger partial charge in [0.25, 0.3) is 0 Å². The molecule has 2 aromatic rings. The first-order valence-electron chi connectivity index (χ1n) is 6.63. The molecule has 1 heterocycles. The van der Waals surface area contributed by atoms with Gasteiger partial charge in [-0.25, -0.2) is 4.39 Å². The van der Waals surface area contributed by atoms with Crippen LogP contribution >= 0.6 is 0 Å². The number of rotatable bonds is 3. The topological polar surface area (TPSA) is 76.7 Å². The van der Waals surface area contributed by atoms with Gasteiger partial charge < -0.3 is 11.1 Å². The molecule has 0 saturated carbocycles. The van der Waals surface area contributed by atoms with E-state index in [1.54, 1.807) is 0 Å². The predicted molar refractivity (Wildman–Crippen MR) is 74.9 cm³/mol. The summed E-state index contributed by atoms with van der Waals surface area (Å²) in [6.07, 6.45) is 0.711. The number of nitrogen functional groups attached to an aromatic ring is 1. The van der Waals surface area contributed by atoms with Gasteiger partial charge in [0.05, 0.1) is 6.04 Å². The molecule has 1 unspecified atom stereocenters. The maximum absolute atomic E-state index is 13.3. The van der Waals surface area contributed by atoms with E-state index in [0.29, 0.717) is 5.95 Å². The lowest BCUT2D eigenvalue weighted by Crippen LogP contribution is -2.13. The summed E-state index contributed by atoms with van der Waals surface area (Å²) in [6.45, 7) is 1.38. The van der Waals surface area contributed by atoms with Crippen molar-refractivity contribution in [2.24, 2.45) is 0 Å². The van der Waals surface area contributed by atoms with Gasteiger partial charge in [-0.15, -0.1) is 0 Å². The molecule has 3 N–H and O–H groups in total. The molecule has 1 aromatic heterocycles. The Balaban J connectivity index is 1.86. The van der Waals surface area contributed by atoms with Crippen LogP contribution in [0.5, 0.6) is 0 Å². The van der Waals surface area contributed by atoms with Crippen LogP contribution < -0.4 is 11.1 Å². The van der Waals surface area contributed by atoms with E-state index < -0.39 is 6.17 Å². The Morgan fingerprint density at radius 1 is 1.30 bits per heavy atom. The Morgan fingerprint density at radius 2 is 2.10 bits per heavy atom. The standard InChI is InChI=1S/C14H16FN5/c1-8(15)12-18-13(16)20-14(19-12)17-11-7-6-9-4-2-3-5-10(9)11/h2-5,8,11H,6-7H2,1H3,(H3,16,17,18,19,20)/t8?,11-/m1/s1. The summed E-state index contributed by atoms with van der Waals surface area (Å²) in [5, 5.41) is 3.22. The number of nitrogens with one attached hydrogen (secondary N) is 1. The van der Waals surface area contributed by atoms with Crippen molar-refractivity contribution in [1.29, 1.82) is 0 Å². The van der Waals surface area contributed by atoms with Crippen molar-refractivity contribution in [2.75, 3.05) is 11.1 Å². The highest BCUT2D eigenvalue weighted by Gasteiger charge is 2.23. The Morgan fingerprint density at radius 3 is 2.90 bits per heavy atom. The zero-order valence-corrected chi connectivity index (χ0v) is 11.2. The molecular weight excluding hydrogens is 257 g/mol. The summed E-state index contributed by atoms with van der Waals surface area (Å²) < 4.78 is 13.3. The van der Waals surface area contributed by atoms with Gasteiger partial charge in [-0.1, -0.05) is 24.3 Å². The minimum absolute atomic E-state index is 0.0354. The first-order chi connectivity index (χ1) is 9.63. The maximum atomic E-state index is 13.3. The van der Waals surface area contributed by atoms with Gasteiger partial charge >= 0.3 is 0 Å². The Bertz CT molecular complexity index is 629. The van der Waals surface area contributed by atoms with Crippen LogP contribution in [0, 0.1) is 0 Å². The van der Waals surface area contributed by atoms with Gasteiger partial charge in [-0.05, 0) is 30.9 Å². The summed E-state index contributed by atoms with van der Waals surface area (Å²) in [4.78, 5) is 11.9. The third kappa shape index (κ3) is 2.41. The number of hydrogen-bond donors (Lipinski definition) is 2. The molecule has 0 spiro atoms. The number of benzene rings is 1. The first-order valence-corrected chi connectivity index (χ1v) is 6.63. The number of nitrogens with two attached hydrogens (primary N) is 1. The number of alkyl halides is 1. The molecule has 0 bridgehead atoms. The van der Waals surface area contributed by atoms with Crippen molar-refractivity contribution in [3.63, 3.8) is 0 Å². The minimum Gasteiger partial charge on any atom is -0.368 e. The Labute approximate surface area is 116 Å². The lowest BCUT2D eigenvalue weighted by Gasteiger charge is -2.14. The Hall–Kier alpha value is -2.24. The fraction of sp³-hybridized carbons (Fsp3) is 0.357. The van der Waals surface area contributed by atoms with Crippen molar-refractivity contribution in [1.82, 2.24) is 15.0 Å². The number of hydrogen-bond acceptors (Lipinski definition) is 5. The first kappa shape index (κ1) is 12.8. The number of nitrogens with zero attached hydrogens (tertiary/aromatic N) is 3. The molecule has 2 atom stereocenters. The number of aromatic nitrogens is 3. The van der Waals surface area contributed by atoms with Gasteiger partial charge in [-0.2, -0.15) is 15.0 Å². The van der Waals surface area contributed by atoms with Crippen molar-refractivity contribution < 1.29 is 4.39 Å². The Kier molecular flexibility index (Phi) is 3.22. The van der Waals surface area contributed by atoms with Crippen LogP contribution in [0.4, 0.5) is 16.3 Å². The molecule has 5 nitrogen and oxygen atoms in total. The largest absolute Gasteiger partial charge is 0.368 e. The van der Waals surface area contributed by atoms with Crippen LogP contribution in [0.15, 0.2) is 24.3 Å². The van der Waals surface area contributed by atoms with Crippen LogP contribution in [0.2, 0.25) is 0 Å². The van der Waals surface area contributed by atoms with Crippen LogP contribution in [0.25, 0.3) is 0 Å². The van der Waals surface area contributed by atoms with E-state index in [9.17, 15) is 4.39 Å². The summed E-state index contributed by atoms with van der Waals surface area (Å²) in [6, 6.07) is 8.38. The molecule has 1 aliphatic carbocycles. The lowest BCUT2D eigenvalue weighted by atomic mass is 10.1. The summed E-state index contributed by atoms with van der Waals surface area (Å²) in [5.74, 6) is 0.429. The highest BCUT2D eigenvalue weighted by atomic mass is 19.1. The van der Waals surface area contributed by atoms with Crippen LogP contribution in [0.3, 0.4) is 0 Å². The monoisotopic (exact) mass is 273 g/mol. The van der Waals surface area contributed by atoms with Gasteiger partial charge in [-0.3, -0.25) is 0 Å². The second kappa shape index (κ2) is 5.03. The zero-order valence-electron chi connectivity index (χ0n) is 11.2. The molecule has 0 radical (unpaired) electrons. The molecule has 1 aliphatic rings. The van der Waals surface area contributed by atoms with Crippen molar-refractivity contribution >= 4 is 11.9 Å². The van der Waals surface area contributed by atoms with E-state index in [1.807, 2.05) is 12.1 Å². The van der Waals surface area contributed by atoms with Gasteiger partial charge in [0, 0.05) is 0 Å². The van der Waals surface area contributed by atoms with E-state index in [4.69, 9.17) is 5.73 Å². The third-order valence-corrected chi connectivity index (χ3v) is 3.46. The molecule has 1 aromatic carbocycles. The lowest BCUT2D eigenvalue weighted by molar-refractivity contribution is 0.356. The van der Waals surface area contributed by atoms with Crippen molar-refractivity contribution in [3.8, 4) is 0 Å². The van der Waals surface area contributed by atoms with Crippen LogP contribution in [-0.4, -0.2) is 15.0 Å². The normalized spacial score (nSPS) is 18.6. The quantitative estimate of drug-likeness (QED) is 0.898. The van der Waals surface area contributed by atoms with Gasteiger partial charge in [0.1, 0.15) is 0 Å². The van der Waals surface area contributed by atoms with E-state index in [1.165, 1.54) is 18.1 Å². The SMILES string of the molecule is CC(F)c1nc(N)nc(N[C@@H]2CCc3ccccc32)n1. The molecular formula is C14H16FN5.